The van der Waals surface area contributed by atoms with Crippen molar-refractivity contribution in [3.8, 4) is 16.9 Å². The molecule has 0 atom stereocenters. The molecule has 6 aromatic rings. The van der Waals surface area contributed by atoms with Gasteiger partial charge in [-0.05, 0) is 48.5 Å². The number of hydrogen-bond donors (Lipinski definition) is 3. The van der Waals surface area contributed by atoms with E-state index in [-0.39, 0.29) is 27.6 Å². The standard InChI is InChI=1S/C34H23N7O8S/c42-33-25-13-7-8-14-26(25)34(50(47,48)49)32(39-38-29-18-16-24(40(43)44)20-30(29)41(45)46)31(33)27-19-23(37-36-22-11-5-2-6-12-22)15-17-28(27)35-21-9-3-1-4-10-21/h1-20,35,42H,(H,47,48,49). The molecular formula is C34H23N7O8S. The van der Waals surface area contributed by atoms with E-state index in [0.29, 0.717) is 23.1 Å². The van der Waals surface area contributed by atoms with Crippen molar-refractivity contribution in [3.63, 3.8) is 0 Å². The summed E-state index contributed by atoms with van der Waals surface area (Å²) in [5.74, 6) is -0.464. The van der Waals surface area contributed by atoms with E-state index in [1.54, 1.807) is 66.7 Å². The molecule has 0 aliphatic carbocycles. The molecule has 0 amide bonds. The molecule has 0 fully saturated rings. The van der Waals surface area contributed by atoms with E-state index in [9.17, 15) is 38.3 Å². The number of nitro groups is 2. The second-order valence-corrected chi connectivity index (χ2v) is 11.9. The molecule has 0 aliphatic rings. The number of benzene rings is 6. The van der Waals surface area contributed by atoms with Gasteiger partial charge in [0.05, 0.1) is 32.9 Å². The summed E-state index contributed by atoms with van der Waals surface area (Å²) < 4.78 is 36.8. The molecule has 0 saturated heterocycles. The number of rotatable bonds is 10. The van der Waals surface area contributed by atoms with E-state index in [2.05, 4.69) is 25.8 Å². The number of phenolic OH excluding ortho intramolecular Hbond substituents is 1. The molecule has 6 aromatic carbocycles. The Kier molecular flexibility index (Phi) is 9.03. The first kappa shape index (κ1) is 33.0. The van der Waals surface area contributed by atoms with Gasteiger partial charge in [-0.2, -0.15) is 18.6 Å². The van der Waals surface area contributed by atoms with Crippen LogP contribution in [0.25, 0.3) is 21.9 Å². The average Bonchev–Trinajstić information content (AvgIpc) is 3.10. The maximum atomic E-state index is 13.1. The predicted molar refractivity (Wildman–Crippen MR) is 185 cm³/mol. The highest BCUT2D eigenvalue weighted by molar-refractivity contribution is 7.86. The number of non-ortho nitro benzene ring substituents is 1. The smallest absolute Gasteiger partial charge is 0.303 e. The van der Waals surface area contributed by atoms with Crippen molar-refractivity contribution in [3.05, 3.63) is 142 Å². The van der Waals surface area contributed by atoms with Crippen LogP contribution in [0.5, 0.6) is 5.75 Å². The number of hydrogen-bond acceptors (Lipinski definition) is 12. The summed E-state index contributed by atoms with van der Waals surface area (Å²) >= 11 is 0. The van der Waals surface area contributed by atoms with E-state index < -0.39 is 53.4 Å². The maximum absolute atomic E-state index is 13.1. The quantitative estimate of drug-likeness (QED) is 0.0538. The first-order valence-electron chi connectivity index (χ1n) is 14.5. The van der Waals surface area contributed by atoms with Gasteiger partial charge in [0.15, 0.2) is 5.69 Å². The van der Waals surface area contributed by atoms with Gasteiger partial charge in [0.25, 0.3) is 15.8 Å². The SMILES string of the molecule is O=[N+]([O-])c1ccc(N=Nc2c(-c3cc(N=Nc4ccccc4)ccc3Nc3ccccc3)c(O)c3ccccc3c2S(=O)(=O)O)c([N+](=O)[O-])c1. The van der Waals surface area contributed by atoms with E-state index in [4.69, 9.17) is 0 Å². The number of azo groups is 2. The molecule has 0 radical (unpaired) electrons. The Bertz CT molecular complexity index is 2460. The van der Waals surface area contributed by atoms with Crippen molar-refractivity contribution in [2.75, 3.05) is 5.32 Å². The van der Waals surface area contributed by atoms with Crippen LogP contribution in [-0.2, 0) is 10.1 Å². The number of anilines is 2. The third kappa shape index (κ3) is 6.86. The lowest BCUT2D eigenvalue weighted by Crippen LogP contribution is -2.02. The van der Waals surface area contributed by atoms with E-state index in [0.717, 1.165) is 12.1 Å². The zero-order valence-corrected chi connectivity index (χ0v) is 26.3. The summed E-state index contributed by atoms with van der Waals surface area (Å²) in [6.07, 6.45) is 0. The molecule has 15 nitrogen and oxygen atoms in total. The van der Waals surface area contributed by atoms with Crippen LogP contribution in [0.15, 0.2) is 147 Å². The fourth-order valence-electron chi connectivity index (χ4n) is 5.14. The Labute approximate surface area is 283 Å². The summed E-state index contributed by atoms with van der Waals surface area (Å²) in [6, 6.07) is 30.9. The van der Waals surface area contributed by atoms with Crippen molar-refractivity contribution in [1.82, 2.24) is 0 Å². The molecule has 0 spiro atoms. The minimum absolute atomic E-state index is 0.0253. The average molecular weight is 690 g/mol. The zero-order valence-electron chi connectivity index (χ0n) is 25.5. The molecule has 16 heteroatoms. The molecule has 0 heterocycles. The summed E-state index contributed by atoms with van der Waals surface area (Å²) in [6.45, 7) is 0. The van der Waals surface area contributed by atoms with Gasteiger partial charge in [0, 0.05) is 33.8 Å². The highest BCUT2D eigenvalue weighted by Gasteiger charge is 2.29. The fourth-order valence-corrected chi connectivity index (χ4v) is 5.99. The summed E-state index contributed by atoms with van der Waals surface area (Å²) in [4.78, 5) is 20.6. The van der Waals surface area contributed by atoms with Gasteiger partial charge in [-0.1, -0.05) is 60.7 Å². The number of nitrogens with zero attached hydrogens (tertiary/aromatic N) is 6. The van der Waals surface area contributed by atoms with E-state index >= 15 is 0 Å². The van der Waals surface area contributed by atoms with Crippen LogP contribution in [-0.4, -0.2) is 27.9 Å². The number of nitro benzene ring substituents is 2. The third-order valence-corrected chi connectivity index (χ3v) is 8.29. The fraction of sp³-hybridized carbons (Fsp3) is 0. The van der Waals surface area contributed by atoms with Crippen LogP contribution in [0, 0.1) is 20.2 Å². The van der Waals surface area contributed by atoms with Crippen molar-refractivity contribution in [2.45, 2.75) is 4.90 Å². The lowest BCUT2D eigenvalue weighted by Gasteiger charge is -2.19. The Morgan fingerprint density at radius 1 is 0.660 bits per heavy atom. The highest BCUT2D eigenvalue weighted by Crippen LogP contribution is 2.51. The normalized spacial score (nSPS) is 11.7. The Hall–Kier alpha value is -6.91. The van der Waals surface area contributed by atoms with Crippen molar-refractivity contribution >= 4 is 66.4 Å². The number of para-hydroxylation sites is 1. The van der Waals surface area contributed by atoms with E-state index in [1.807, 2.05) is 12.1 Å². The van der Waals surface area contributed by atoms with Crippen LogP contribution in [0.4, 0.5) is 45.5 Å². The first-order valence-corrected chi connectivity index (χ1v) is 16.0. The number of fused-ring (bicyclic) bond motifs is 1. The topological polar surface area (TPSA) is 222 Å². The Balaban J connectivity index is 1.67. The monoisotopic (exact) mass is 689 g/mol. The molecule has 0 aromatic heterocycles. The van der Waals surface area contributed by atoms with Gasteiger partial charge < -0.3 is 10.4 Å². The van der Waals surface area contributed by atoms with Gasteiger partial charge in [-0.25, -0.2) is 0 Å². The van der Waals surface area contributed by atoms with E-state index in [1.165, 1.54) is 24.3 Å². The molecule has 3 N–H and O–H groups in total. The lowest BCUT2D eigenvalue weighted by atomic mass is 9.95. The Morgan fingerprint density at radius 2 is 1.30 bits per heavy atom. The minimum atomic E-state index is -5.13. The van der Waals surface area contributed by atoms with Crippen molar-refractivity contribution in [2.24, 2.45) is 20.5 Å². The first-order chi connectivity index (χ1) is 24.0. The van der Waals surface area contributed by atoms with Gasteiger partial charge in [-0.15, -0.1) is 10.2 Å². The number of phenols is 1. The lowest BCUT2D eigenvalue weighted by molar-refractivity contribution is -0.393. The molecule has 0 aliphatic heterocycles. The second-order valence-electron chi connectivity index (χ2n) is 10.6. The van der Waals surface area contributed by atoms with Crippen LogP contribution in [0.2, 0.25) is 0 Å². The molecule has 0 bridgehead atoms. The third-order valence-electron chi connectivity index (χ3n) is 7.36. The van der Waals surface area contributed by atoms with Crippen LogP contribution in [0.1, 0.15) is 0 Å². The van der Waals surface area contributed by atoms with Crippen LogP contribution in [0.3, 0.4) is 0 Å². The van der Waals surface area contributed by atoms with Crippen molar-refractivity contribution < 1.29 is 27.9 Å². The van der Waals surface area contributed by atoms with Gasteiger partial charge >= 0.3 is 5.69 Å². The molecule has 6 rings (SSSR count). The minimum Gasteiger partial charge on any atom is -0.507 e. The number of nitrogens with one attached hydrogen (secondary N) is 1. The molecule has 0 saturated carbocycles. The molecule has 50 heavy (non-hydrogen) atoms. The number of aromatic hydroxyl groups is 1. The van der Waals surface area contributed by atoms with Crippen LogP contribution < -0.4 is 5.32 Å². The summed E-state index contributed by atoms with van der Waals surface area (Å²) in [5, 5.41) is 54.7. The Morgan fingerprint density at radius 3 is 1.96 bits per heavy atom. The van der Waals surface area contributed by atoms with Crippen molar-refractivity contribution in [1.29, 1.82) is 0 Å². The summed E-state index contributed by atoms with van der Waals surface area (Å²) in [5.41, 5.74) is -0.753. The van der Waals surface area contributed by atoms with Crippen LogP contribution >= 0.6 is 0 Å². The van der Waals surface area contributed by atoms with Gasteiger partial charge in [0.2, 0.25) is 0 Å². The summed E-state index contributed by atoms with van der Waals surface area (Å²) in [7, 11) is -5.13. The molecule has 0 unspecified atom stereocenters. The zero-order chi connectivity index (χ0) is 35.4. The largest absolute Gasteiger partial charge is 0.507 e. The predicted octanol–water partition coefficient (Wildman–Crippen LogP) is 9.85. The second kappa shape index (κ2) is 13.7. The van der Waals surface area contributed by atoms with Gasteiger partial charge in [-0.3, -0.25) is 24.8 Å². The maximum Gasteiger partial charge on any atom is 0.303 e. The molecule has 248 valence electrons. The van der Waals surface area contributed by atoms with Gasteiger partial charge in [0.1, 0.15) is 16.3 Å². The molecular weight excluding hydrogens is 666 g/mol. The highest BCUT2D eigenvalue weighted by atomic mass is 32.2.